The summed E-state index contributed by atoms with van der Waals surface area (Å²) in [6, 6.07) is 4.50. The summed E-state index contributed by atoms with van der Waals surface area (Å²) in [5.74, 6) is 0. The van der Waals surface area contributed by atoms with E-state index in [4.69, 9.17) is 17.3 Å². The number of rotatable bonds is 3. The third-order valence-corrected chi connectivity index (χ3v) is 2.71. The minimum atomic E-state index is -4.17. The molecule has 0 aliphatic carbocycles. The van der Waals surface area contributed by atoms with Crippen LogP contribution in [0.2, 0.25) is 5.02 Å². The van der Waals surface area contributed by atoms with Crippen LogP contribution in [-0.4, -0.2) is 6.18 Å². The van der Waals surface area contributed by atoms with E-state index >= 15 is 0 Å². The maximum Gasteiger partial charge on any atom is 0.389 e. The second-order valence-corrected chi connectivity index (χ2v) is 4.14. The quantitative estimate of drug-likeness (QED) is 0.864. The van der Waals surface area contributed by atoms with Crippen LogP contribution in [0.3, 0.4) is 0 Å². The van der Waals surface area contributed by atoms with Crippen LogP contribution in [0.1, 0.15) is 30.0 Å². The van der Waals surface area contributed by atoms with Crippen molar-refractivity contribution in [2.45, 2.75) is 32.0 Å². The lowest BCUT2D eigenvalue weighted by Crippen LogP contribution is -2.17. The van der Waals surface area contributed by atoms with E-state index in [2.05, 4.69) is 0 Å². The Kier molecular flexibility index (Phi) is 4.21. The van der Waals surface area contributed by atoms with Gasteiger partial charge in [0.1, 0.15) is 0 Å². The minimum absolute atomic E-state index is 0.145. The molecule has 0 spiro atoms. The third-order valence-electron chi connectivity index (χ3n) is 2.38. The number of alkyl halides is 3. The smallest absolute Gasteiger partial charge is 0.324 e. The van der Waals surface area contributed by atoms with Crippen molar-refractivity contribution in [3.8, 4) is 0 Å². The Balaban J connectivity index is 2.77. The monoisotopic (exact) mass is 251 g/mol. The zero-order valence-corrected chi connectivity index (χ0v) is 9.57. The molecule has 0 unspecified atom stereocenters. The molecule has 1 nitrogen and oxygen atoms in total. The molecule has 1 rings (SSSR count). The van der Waals surface area contributed by atoms with E-state index in [9.17, 15) is 13.2 Å². The second-order valence-electron chi connectivity index (χ2n) is 3.73. The summed E-state index contributed by atoms with van der Waals surface area (Å²) < 4.78 is 36.1. The van der Waals surface area contributed by atoms with E-state index in [1.54, 1.807) is 25.1 Å². The van der Waals surface area contributed by atoms with Crippen molar-refractivity contribution in [3.63, 3.8) is 0 Å². The summed E-state index contributed by atoms with van der Waals surface area (Å²) >= 11 is 5.91. The number of hydrogen-bond donors (Lipinski definition) is 1. The maximum atomic E-state index is 12.0. The van der Waals surface area contributed by atoms with Crippen LogP contribution >= 0.6 is 11.6 Å². The lowest BCUT2D eigenvalue weighted by molar-refractivity contribution is -0.136. The van der Waals surface area contributed by atoms with Gasteiger partial charge in [-0.1, -0.05) is 23.7 Å². The average Bonchev–Trinajstić information content (AvgIpc) is 2.13. The molecular formula is C11H13ClF3N. The molecule has 0 heterocycles. The van der Waals surface area contributed by atoms with Gasteiger partial charge in [-0.05, 0) is 30.5 Å². The van der Waals surface area contributed by atoms with Gasteiger partial charge in [0.15, 0.2) is 0 Å². The molecule has 0 fully saturated rings. The van der Waals surface area contributed by atoms with Crippen molar-refractivity contribution >= 4 is 11.6 Å². The molecule has 90 valence electrons. The molecular weight excluding hydrogens is 239 g/mol. The fraction of sp³-hybridized carbons (Fsp3) is 0.455. The molecule has 0 aliphatic heterocycles. The van der Waals surface area contributed by atoms with E-state index in [-0.39, 0.29) is 6.42 Å². The van der Waals surface area contributed by atoms with Gasteiger partial charge in [0.2, 0.25) is 0 Å². The van der Waals surface area contributed by atoms with Crippen molar-refractivity contribution in [1.82, 2.24) is 0 Å². The third kappa shape index (κ3) is 3.68. The van der Waals surface area contributed by atoms with Crippen LogP contribution in [0, 0.1) is 6.92 Å². The molecule has 0 bridgehead atoms. The van der Waals surface area contributed by atoms with E-state index in [0.29, 0.717) is 10.6 Å². The van der Waals surface area contributed by atoms with Crippen LogP contribution in [-0.2, 0) is 0 Å². The van der Waals surface area contributed by atoms with Crippen molar-refractivity contribution in [3.05, 3.63) is 34.3 Å². The van der Waals surface area contributed by atoms with E-state index in [1.165, 1.54) is 0 Å². The van der Waals surface area contributed by atoms with Gasteiger partial charge in [0.25, 0.3) is 0 Å². The molecule has 0 saturated heterocycles. The molecule has 0 amide bonds. The fourth-order valence-corrected chi connectivity index (χ4v) is 1.94. The summed E-state index contributed by atoms with van der Waals surface area (Å²) in [5.41, 5.74) is 7.15. The first-order valence-corrected chi connectivity index (χ1v) is 5.26. The van der Waals surface area contributed by atoms with E-state index in [0.717, 1.165) is 5.56 Å². The van der Waals surface area contributed by atoms with Crippen LogP contribution in [0.5, 0.6) is 0 Å². The molecule has 1 aromatic rings. The van der Waals surface area contributed by atoms with Gasteiger partial charge >= 0.3 is 6.18 Å². The summed E-state index contributed by atoms with van der Waals surface area (Å²) in [5, 5.41) is 0.426. The molecule has 1 aromatic carbocycles. The highest BCUT2D eigenvalue weighted by molar-refractivity contribution is 6.31. The van der Waals surface area contributed by atoms with Gasteiger partial charge in [-0.25, -0.2) is 0 Å². The molecule has 0 radical (unpaired) electrons. The Morgan fingerprint density at radius 3 is 2.50 bits per heavy atom. The zero-order chi connectivity index (χ0) is 12.3. The van der Waals surface area contributed by atoms with Crippen molar-refractivity contribution < 1.29 is 13.2 Å². The molecule has 2 N–H and O–H groups in total. The topological polar surface area (TPSA) is 26.0 Å². The second kappa shape index (κ2) is 5.06. The number of benzene rings is 1. The predicted octanol–water partition coefficient (Wildman–Crippen LogP) is 3.99. The molecule has 0 aromatic heterocycles. The van der Waals surface area contributed by atoms with Crippen molar-refractivity contribution in [2.75, 3.05) is 0 Å². The highest BCUT2D eigenvalue weighted by Crippen LogP contribution is 2.31. The number of hydrogen-bond acceptors (Lipinski definition) is 1. The van der Waals surface area contributed by atoms with E-state index in [1.807, 2.05) is 0 Å². The Morgan fingerprint density at radius 2 is 2.00 bits per heavy atom. The van der Waals surface area contributed by atoms with Crippen LogP contribution in [0.4, 0.5) is 13.2 Å². The predicted molar refractivity (Wildman–Crippen MR) is 58.4 cm³/mol. The number of nitrogens with two attached hydrogens (primary N) is 1. The highest BCUT2D eigenvalue weighted by atomic mass is 35.5. The Labute approximate surface area is 97.4 Å². The normalized spacial score (nSPS) is 13.9. The first-order valence-electron chi connectivity index (χ1n) is 4.88. The Hall–Kier alpha value is -0.740. The molecule has 1 atom stereocenters. The first kappa shape index (κ1) is 13.3. The van der Waals surface area contributed by atoms with Gasteiger partial charge in [0.05, 0.1) is 0 Å². The summed E-state index contributed by atoms with van der Waals surface area (Å²) in [7, 11) is 0. The molecule has 16 heavy (non-hydrogen) atoms. The summed E-state index contributed by atoms with van der Waals surface area (Å²) in [4.78, 5) is 0. The standard InChI is InChI=1S/C11H13ClF3N/c1-7-3-2-4-8(12)10(7)9(16)5-6-11(13,14)15/h2-4,9H,5-6,16H2,1H3/t9-/m0/s1. The molecule has 0 saturated carbocycles. The number of aryl methyl sites for hydroxylation is 1. The van der Waals surface area contributed by atoms with Gasteiger partial charge < -0.3 is 5.73 Å². The maximum absolute atomic E-state index is 12.0. The minimum Gasteiger partial charge on any atom is -0.324 e. The van der Waals surface area contributed by atoms with Gasteiger partial charge in [-0.2, -0.15) is 13.2 Å². The summed E-state index contributed by atoms with van der Waals surface area (Å²) in [6.07, 6.45) is -5.21. The Morgan fingerprint density at radius 1 is 1.38 bits per heavy atom. The van der Waals surface area contributed by atoms with Gasteiger partial charge in [-0.15, -0.1) is 0 Å². The fourth-order valence-electron chi connectivity index (χ4n) is 1.58. The zero-order valence-electron chi connectivity index (χ0n) is 8.81. The van der Waals surface area contributed by atoms with Crippen LogP contribution in [0.25, 0.3) is 0 Å². The van der Waals surface area contributed by atoms with E-state index < -0.39 is 18.6 Å². The highest BCUT2D eigenvalue weighted by Gasteiger charge is 2.28. The van der Waals surface area contributed by atoms with Crippen molar-refractivity contribution in [1.29, 1.82) is 0 Å². The van der Waals surface area contributed by atoms with Gasteiger partial charge in [0, 0.05) is 17.5 Å². The number of halogens is 4. The Bertz CT molecular complexity index is 342. The SMILES string of the molecule is Cc1cccc(Cl)c1[C@@H](N)CCC(F)(F)F. The van der Waals surface area contributed by atoms with Crippen LogP contribution in [0.15, 0.2) is 18.2 Å². The van der Waals surface area contributed by atoms with Gasteiger partial charge in [-0.3, -0.25) is 0 Å². The molecule has 5 heteroatoms. The van der Waals surface area contributed by atoms with Crippen LogP contribution < -0.4 is 5.73 Å². The molecule has 0 aliphatic rings. The van der Waals surface area contributed by atoms with Crippen molar-refractivity contribution in [2.24, 2.45) is 5.73 Å². The lowest BCUT2D eigenvalue weighted by Gasteiger charge is -2.17. The summed E-state index contributed by atoms with van der Waals surface area (Å²) in [6.45, 7) is 1.79. The average molecular weight is 252 g/mol. The largest absolute Gasteiger partial charge is 0.389 e. The first-order chi connectivity index (χ1) is 7.31. The lowest BCUT2D eigenvalue weighted by atomic mass is 9.98.